The van der Waals surface area contributed by atoms with Crippen LogP contribution in [0.3, 0.4) is 0 Å². The molecule has 1 heterocycles. The van der Waals surface area contributed by atoms with Crippen LogP contribution in [0, 0.1) is 0 Å². The van der Waals surface area contributed by atoms with E-state index in [4.69, 9.17) is 16.3 Å². The summed E-state index contributed by atoms with van der Waals surface area (Å²) in [5, 5.41) is 3.45. The molecule has 0 bridgehead atoms. The number of carbonyl (C=O) groups is 1. The summed E-state index contributed by atoms with van der Waals surface area (Å²) in [6.45, 7) is 1.30. The Morgan fingerprint density at radius 3 is 3.06 bits per heavy atom. The van der Waals surface area contributed by atoms with Crippen molar-refractivity contribution in [3.8, 4) is 0 Å². The Morgan fingerprint density at radius 1 is 1.56 bits per heavy atom. The maximum Gasteiger partial charge on any atom is 0.252 e. The summed E-state index contributed by atoms with van der Waals surface area (Å²) in [4.78, 5) is 11.9. The van der Waals surface area contributed by atoms with Crippen molar-refractivity contribution in [2.45, 2.75) is 12.5 Å². The van der Waals surface area contributed by atoms with Gasteiger partial charge in [0, 0.05) is 11.1 Å². The van der Waals surface area contributed by atoms with Gasteiger partial charge in [0.2, 0.25) is 0 Å². The molecule has 1 aliphatic rings. The largest absolute Gasteiger partial charge is 0.379 e. The van der Waals surface area contributed by atoms with E-state index >= 15 is 0 Å². The van der Waals surface area contributed by atoms with Gasteiger partial charge in [-0.15, -0.1) is 0 Å². The van der Waals surface area contributed by atoms with Gasteiger partial charge < -0.3 is 10.1 Å². The van der Waals surface area contributed by atoms with Gasteiger partial charge in [-0.2, -0.15) is 0 Å². The highest BCUT2D eigenvalue weighted by Crippen LogP contribution is 2.26. The van der Waals surface area contributed by atoms with E-state index in [-0.39, 0.29) is 11.9 Å². The number of hydrogen-bond donors (Lipinski definition) is 1. The lowest BCUT2D eigenvalue weighted by Gasteiger charge is -2.11. The smallest absolute Gasteiger partial charge is 0.252 e. The zero-order valence-corrected chi connectivity index (χ0v) is 10.8. The summed E-state index contributed by atoms with van der Waals surface area (Å²) in [6, 6.07) is 5.34. The van der Waals surface area contributed by atoms with Crippen LogP contribution in [0.5, 0.6) is 0 Å². The average molecular weight is 305 g/mol. The molecule has 1 N–H and O–H groups in total. The molecule has 5 heteroatoms. The number of ether oxygens (including phenoxy) is 1. The van der Waals surface area contributed by atoms with E-state index < -0.39 is 0 Å². The number of benzene rings is 1. The lowest BCUT2D eigenvalue weighted by molar-refractivity contribution is 0.0929. The number of hydrogen-bond acceptors (Lipinski definition) is 2. The lowest BCUT2D eigenvalue weighted by Crippen LogP contribution is -2.35. The number of carbonyl (C=O) groups excluding carboxylic acids is 1. The number of halogens is 2. The standard InChI is InChI=1S/C11H11BrClNO2/c12-10-8(2-1-3-9(10)13)11(15)14-7-4-5-16-6-7/h1-3,7H,4-6H2,(H,14,15). The summed E-state index contributed by atoms with van der Waals surface area (Å²) in [5.41, 5.74) is 0.555. The van der Waals surface area contributed by atoms with Gasteiger partial charge in [-0.1, -0.05) is 17.7 Å². The Labute approximate surface area is 107 Å². The highest BCUT2D eigenvalue weighted by molar-refractivity contribution is 9.10. The van der Waals surface area contributed by atoms with E-state index in [0.29, 0.717) is 28.3 Å². The van der Waals surface area contributed by atoms with Gasteiger partial charge in [-0.25, -0.2) is 0 Å². The molecule has 2 rings (SSSR count). The topological polar surface area (TPSA) is 38.3 Å². The predicted molar refractivity (Wildman–Crippen MR) is 65.8 cm³/mol. The van der Waals surface area contributed by atoms with Crippen molar-refractivity contribution in [2.75, 3.05) is 13.2 Å². The third kappa shape index (κ3) is 2.56. The second kappa shape index (κ2) is 5.17. The highest BCUT2D eigenvalue weighted by Gasteiger charge is 2.20. The highest BCUT2D eigenvalue weighted by atomic mass is 79.9. The van der Waals surface area contributed by atoms with Crippen LogP contribution in [0.25, 0.3) is 0 Å². The molecule has 0 saturated carbocycles. The molecule has 1 aromatic rings. The Hall–Kier alpha value is -0.580. The van der Waals surface area contributed by atoms with Crippen LogP contribution < -0.4 is 5.32 Å². The maximum absolute atomic E-state index is 11.9. The fourth-order valence-corrected chi connectivity index (χ4v) is 2.21. The van der Waals surface area contributed by atoms with E-state index in [2.05, 4.69) is 21.2 Å². The van der Waals surface area contributed by atoms with Gasteiger partial charge in [0.1, 0.15) is 0 Å². The maximum atomic E-state index is 11.9. The molecule has 16 heavy (non-hydrogen) atoms. The third-order valence-electron chi connectivity index (χ3n) is 2.46. The van der Waals surface area contributed by atoms with Crippen LogP contribution in [0.15, 0.2) is 22.7 Å². The first-order chi connectivity index (χ1) is 7.68. The molecule has 0 radical (unpaired) electrons. The fourth-order valence-electron chi connectivity index (χ4n) is 1.59. The summed E-state index contributed by atoms with van der Waals surface area (Å²) < 4.78 is 5.83. The van der Waals surface area contributed by atoms with Crippen molar-refractivity contribution in [3.05, 3.63) is 33.3 Å². The Morgan fingerprint density at radius 2 is 2.38 bits per heavy atom. The fraction of sp³-hybridized carbons (Fsp3) is 0.364. The van der Waals surface area contributed by atoms with Gasteiger partial charge in [0.05, 0.1) is 23.2 Å². The SMILES string of the molecule is O=C(NC1CCOC1)c1cccc(Cl)c1Br. The third-order valence-corrected chi connectivity index (χ3v) is 3.86. The van der Waals surface area contributed by atoms with Crippen molar-refractivity contribution in [1.29, 1.82) is 0 Å². The summed E-state index contributed by atoms with van der Waals surface area (Å²) in [6.07, 6.45) is 0.865. The van der Waals surface area contributed by atoms with E-state index in [0.717, 1.165) is 6.42 Å². The van der Waals surface area contributed by atoms with Gasteiger partial charge in [-0.05, 0) is 34.5 Å². The van der Waals surface area contributed by atoms with Crippen LogP contribution in [-0.4, -0.2) is 25.2 Å². The second-order valence-electron chi connectivity index (χ2n) is 3.64. The Kier molecular flexibility index (Phi) is 3.84. The summed E-state index contributed by atoms with van der Waals surface area (Å²) in [5.74, 6) is -0.120. The predicted octanol–water partition coefficient (Wildman–Crippen LogP) is 2.62. The first kappa shape index (κ1) is 11.9. The van der Waals surface area contributed by atoms with E-state index in [1.807, 2.05) is 0 Å². The minimum Gasteiger partial charge on any atom is -0.379 e. The van der Waals surface area contributed by atoms with Crippen LogP contribution in [0.2, 0.25) is 5.02 Å². The quantitative estimate of drug-likeness (QED) is 0.912. The van der Waals surface area contributed by atoms with Crippen molar-refractivity contribution in [1.82, 2.24) is 5.32 Å². The zero-order chi connectivity index (χ0) is 11.5. The van der Waals surface area contributed by atoms with E-state index in [9.17, 15) is 4.79 Å². The molecule has 0 aromatic heterocycles. The average Bonchev–Trinajstić information content (AvgIpc) is 2.74. The molecule has 3 nitrogen and oxygen atoms in total. The lowest BCUT2D eigenvalue weighted by atomic mass is 10.2. The summed E-state index contributed by atoms with van der Waals surface area (Å²) >= 11 is 9.23. The molecular formula is C11H11BrClNO2. The van der Waals surface area contributed by atoms with Crippen molar-refractivity contribution in [2.24, 2.45) is 0 Å². The first-order valence-corrected chi connectivity index (χ1v) is 6.18. The van der Waals surface area contributed by atoms with Gasteiger partial charge in [0.15, 0.2) is 0 Å². The molecule has 1 fully saturated rings. The molecule has 1 aliphatic heterocycles. The Balaban J connectivity index is 2.11. The van der Waals surface area contributed by atoms with Crippen LogP contribution in [0.4, 0.5) is 0 Å². The molecule has 0 aliphatic carbocycles. The molecule has 0 spiro atoms. The second-order valence-corrected chi connectivity index (χ2v) is 4.84. The summed E-state index contributed by atoms with van der Waals surface area (Å²) in [7, 11) is 0. The molecule has 1 amide bonds. The van der Waals surface area contributed by atoms with Gasteiger partial charge in [0.25, 0.3) is 5.91 Å². The molecule has 86 valence electrons. The van der Waals surface area contributed by atoms with E-state index in [1.165, 1.54) is 0 Å². The minimum absolute atomic E-state index is 0.110. The van der Waals surface area contributed by atoms with Crippen LogP contribution in [-0.2, 0) is 4.74 Å². The zero-order valence-electron chi connectivity index (χ0n) is 8.50. The van der Waals surface area contributed by atoms with Crippen molar-refractivity contribution >= 4 is 33.4 Å². The first-order valence-electron chi connectivity index (χ1n) is 5.01. The van der Waals surface area contributed by atoms with Crippen molar-refractivity contribution in [3.63, 3.8) is 0 Å². The van der Waals surface area contributed by atoms with Gasteiger partial charge >= 0.3 is 0 Å². The molecule has 1 saturated heterocycles. The monoisotopic (exact) mass is 303 g/mol. The number of nitrogens with one attached hydrogen (secondary N) is 1. The molecule has 1 unspecified atom stereocenters. The number of amides is 1. The molecular weight excluding hydrogens is 293 g/mol. The van der Waals surface area contributed by atoms with Gasteiger partial charge in [-0.3, -0.25) is 4.79 Å². The van der Waals surface area contributed by atoms with Crippen LogP contribution >= 0.6 is 27.5 Å². The molecule has 1 atom stereocenters. The van der Waals surface area contributed by atoms with Crippen molar-refractivity contribution < 1.29 is 9.53 Å². The minimum atomic E-state index is -0.120. The van der Waals surface area contributed by atoms with E-state index in [1.54, 1.807) is 18.2 Å². The normalized spacial score (nSPS) is 19.8. The van der Waals surface area contributed by atoms with Crippen LogP contribution in [0.1, 0.15) is 16.8 Å². The molecule has 1 aromatic carbocycles. The Bertz CT molecular complexity index is 405. The number of rotatable bonds is 2.